The molecule has 1 aromatic carbocycles. The molecule has 0 bridgehead atoms. The number of esters is 1. The van der Waals surface area contributed by atoms with Gasteiger partial charge in [-0.3, -0.25) is 4.79 Å². The van der Waals surface area contributed by atoms with Gasteiger partial charge in [0.2, 0.25) is 5.91 Å². The number of unbranched alkanes of at least 4 members (excludes halogenated alkanes) is 1. The number of carboxylic acids is 1. The van der Waals surface area contributed by atoms with Crippen LogP contribution in [0.25, 0.3) is 0 Å². The monoisotopic (exact) mass is 633 g/mol. The lowest BCUT2D eigenvalue weighted by Gasteiger charge is -2.23. The molecular formula is C39H55NO6. The van der Waals surface area contributed by atoms with E-state index in [-0.39, 0.29) is 23.1 Å². The summed E-state index contributed by atoms with van der Waals surface area (Å²) in [4.78, 5) is 37.4. The highest BCUT2D eigenvalue weighted by molar-refractivity contribution is 5.93. The van der Waals surface area contributed by atoms with Crippen LogP contribution in [0.3, 0.4) is 0 Å². The first-order valence-corrected chi connectivity index (χ1v) is 16.7. The number of para-hydroxylation sites is 1. The van der Waals surface area contributed by atoms with E-state index in [1.54, 1.807) is 12.1 Å². The fourth-order valence-corrected chi connectivity index (χ4v) is 4.31. The number of benzene rings is 1. The van der Waals surface area contributed by atoms with E-state index in [1.807, 2.05) is 20.8 Å². The van der Waals surface area contributed by atoms with Crippen LogP contribution in [0.2, 0.25) is 0 Å². The molecule has 0 aromatic heterocycles. The number of ether oxygens (including phenoxy) is 2. The molecule has 2 atom stereocenters. The molecule has 2 N–H and O–H groups in total. The molecule has 0 saturated carbocycles. The summed E-state index contributed by atoms with van der Waals surface area (Å²) in [6.45, 7) is 8.28. The fourth-order valence-electron chi connectivity index (χ4n) is 4.31. The van der Waals surface area contributed by atoms with Gasteiger partial charge in [0.1, 0.15) is 23.5 Å². The summed E-state index contributed by atoms with van der Waals surface area (Å²) in [7, 11) is 0. The van der Waals surface area contributed by atoms with Gasteiger partial charge in [-0.05, 0) is 82.3 Å². The highest BCUT2D eigenvalue weighted by Crippen LogP contribution is 2.19. The maximum atomic E-state index is 13.0. The molecule has 0 fully saturated rings. The number of nitrogens with one attached hydrogen (secondary N) is 1. The third kappa shape index (κ3) is 19.4. The first-order chi connectivity index (χ1) is 22.3. The zero-order valence-corrected chi connectivity index (χ0v) is 28.2. The Balaban J connectivity index is 2.33. The third-order valence-electron chi connectivity index (χ3n) is 6.73. The molecule has 2 unspecified atom stereocenters. The predicted octanol–water partition coefficient (Wildman–Crippen LogP) is 9.09. The van der Waals surface area contributed by atoms with Crippen LogP contribution in [0.4, 0.5) is 0 Å². The molecule has 252 valence electrons. The van der Waals surface area contributed by atoms with Crippen molar-refractivity contribution >= 4 is 17.8 Å². The Labute approximate surface area is 276 Å². The number of carbonyl (C=O) groups is 3. The molecule has 0 aliphatic heterocycles. The van der Waals surface area contributed by atoms with Crippen molar-refractivity contribution in [1.82, 2.24) is 5.32 Å². The summed E-state index contributed by atoms with van der Waals surface area (Å²) >= 11 is 0. The van der Waals surface area contributed by atoms with Gasteiger partial charge < -0.3 is 19.9 Å². The highest BCUT2D eigenvalue weighted by Gasteiger charge is 2.28. The smallest absolute Gasteiger partial charge is 0.339 e. The van der Waals surface area contributed by atoms with Gasteiger partial charge in [-0.25, -0.2) is 9.59 Å². The van der Waals surface area contributed by atoms with Gasteiger partial charge in [0.15, 0.2) is 0 Å². The molecular weight excluding hydrogens is 578 g/mol. The average molecular weight is 634 g/mol. The molecule has 0 aliphatic carbocycles. The summed E-state index contributed by atoms with van der Waals surface area (Å²) < 4.78 is 11.2. The summed E-state index contributed by atoms with van der Waals surface area (Å²) in [6, 6.07) is 5.00. The summed E-state index contributed by atoms with van der Waals surface area (Å²) in [5.74, 6) is -2.25. The van der Waals surface area contributed by atoms with Crippen LogP contribution in [-0.2, 0) is 14.3 Å². The van der Waals surface area contributed by atoms with Gasteiger partial charge in [-0.1, -0.05) is 113 Å². The zero-order valence-electron chi connectivity index (χ0n) is 28.2. The molecule has 0 aliphatic rings. The van der Waals surface area contributed by atoms with E-state index >= 15 is 0 Å². The van der Waals surface area contributed by atoms with Gasteiger partial charge in [0.25, 0.3) is 0 Å². The summed E-state index contributed by atoms with van der Waals surface area (Å²) in [6.07, 6.45) is 33.7. The van der Waals surface area contributed by atoms with E-state index in [0.29, 0.717) is 19.4 Å². The third-order valence-corrected chi connectivity index (χ3v) is 6.73. The second kappa shape index (κ2) is 26.3. The predicted molar refractivity (Wildman–Crippen MR) is 188 cm³/mol. The molecule has 1 amide bonds. The Bertz CT molecular complexity index is 1190. The van der Waals surface area contributed by atoms with E-state index < -0.39 is 24.1 Å². The van der Waals surface area contributed by atoms with E-state index in [2.05, 4.69) is 85.2 Å². The first kappa shape index (κ1) is 40.1. The standard InChI is InChI=1S/C39H55NO6/c1-5-7-8-9-10-11-12-13-14-15-16-17-18-19-20-21-22-23-24-27-30-45-35(6-2)37(41)40-34(31-32(3)4)39(44)46-36-29-26-25-28-33(36)38(42)43/h7-8,10-11,13-14,16-17,19-20,22-23,25-26,28-29,32,34-35H,5-6,9,12,15,18,21,24,27,30-31H2,1-4H3,(H,40,41)(H,42,43)/b8-7-,11-10-,14-13-,17-16-,20-19-,23-22-. The van der Waals surface area contributed by atoms with Crippen LogP contribution < -0.4 is 10.1 Å². The van der Waals surface area contributed by atoms with Gasteiger partial charge >= 0.3 is 11.9 Å². The fraction of sp³-hybridized carbons (Fsp3) is 0.462. The lowest BCUT2D eigenvalue weighted by Crippen LogP contribution is -2.48. The molecule has 0 heterocycles. The Morgan fingerprint density at radius 2 is 1.30 bits per heavy atom. The van der Waals surface area contributed by atoms with E-state index in [0.717, 1.165) is 51.4 Å². The van der Waals surface area contributed by atoms with Crippen LogP contribution in [0.5, 0.6) is 5.75 Å². The van der Waals surface area contributed by atoms with Crippen LogP contribution >= 0.6 is 0 Å². The first-order valence-electron chi connectivity index (χ1n) is 16.7. The number of carbonyl (C=O) groups excluding carboxylic acids is 2. The molecule has 1 rings (SSSR count). The molecule has 0 spiro atoms. The zero-order chi connectivity index (χ0) is 33.8. The van der Waals surface area contributed by atoms with Crippen LogP contribution in [0, 0.1) is 5.92 Å². The van der Waals surface area contributed by atoms with Crippen molar-refractivity contribution in [2.75, 3.05) is 6.61 Å². The lowest BCUT2D eigenvalue weighted by molar-refractivity contribution is -0.143. The number of allylic oxidation sites excluding steroid dienone is 12. The highest BCUT2D eigenvalue weighted by atomic mass is 16.5. The van der Waals surface area contributed by atoms with Crippen molar-refractivity contribution in [3.63, 3.8) is 0 Å². The van der Waals surface area contributed by atoms with Crippen LogP contribution in [0.15, 0.2) is 97.2 Å². The molecule has 7 heteroatoms. The molecule has 0 saturated heterocycles. The van der Waals surface area contributed by atoms with Gasteiger partial charge in [0.05, 0.1) is 0 Å². The van der Waals surface area contributed by atoms with Crippen molar-refractivity contribution in [2.24, 2.45) is 5.92 Å². The second-order valence-corrected chi connectivity index (χ2v) is 11.2. The Hall–Kier alpha value is -3.97. The topological polar surface area (TPSA) is 102 Å². The van der Waals surface area contributed by atoms with Crippen molar-refractivity contribution < 1.29 is 29.0 Å². The van der Waals surface area contributed by atoms with E-state index in [1.165, 1.54) is 12.1 Å². The van der Waals surface area contributed by atoms with Crippen LogP contribution in [0.1, 0.15) is 102 Å². The Morgan fingerprint density at radius 3 is 1.80 bits per heavy atom. The summed E-state index contributed by atoms with van der Waals surface area (Å²) in [5, 5.41) is 12.1. The second-order valence-electron chi connectivity index (χ2n) is 11.2. The number of hydrogen-bond acceptors (Lipinski definition) is 5. The molecule has 7 nitrogen and oxygen atoms in total. The lowest BCUT2D eigenvalue weighted by atomic mass is 10.0. The quantitative estimate of drug-likeness (QED) is 0.0510. The minimum atomic E-state index is -1.20. The largest absolute Gasteiger partial charge is 0.478 e. The van der Waals surface area contributed by atoms with Crippen molar-refractivity contribution in [3.8, 4) is 5.75 Å². The van der Waals surface area contributed by atoms with Gasteiger partial charge in [-0.2, -0.15) is 0 Å². The number of amides is 1. The van der Waals surface area contributed by atoms with Crippen molar-refractivity contribution in [2.45, 2.75) is 104 Å². The minimum absolute atomic E-state index is 0.0549. The SMILES string of the molecule is CC/C=C\C/C=C\C/C=C\C/C=C\C/C=C\C/C=C\CCCOC(CC)C(=O)NC(CC(C)C)C(=O)Oc1ccccc1C(=O)O. The molecule has 0 radical (unpaired) electrons. The Morgan fingerprint density at radius 1 is 0.783 bits per heavy atom. The van der Waals surface area contributed by atoms with E-state index in [4.69, 9.17) is 9.47 Å². The molecule has 46 heavy (non-hydrogen) atoms. The van der Waals surface area contributed by atoms with Crippen LogP contribution in [-0.4, -0.2) is 41.7 Å². The minimum Gasteiger partial charge on any atom is -0.478 e. The normalized spacial score (nSPS) is 13.7. The summed E-state index contributed by atoms with van der Waals surface area (Å²) in [5.41, 5.74) is -0.118. The molecule has 1 aromatic rings. The maximum Gasteiger partial charge on any atom is 0.339 e. The number of aromatic carboxylic acids is 1. The van der Waals surface area contributed by atoms with E-state index in [9.17, 15) is 19.5 Å². The average Bonchev–Trinajstić information content (AvgIpc) is 3.03. The number of hydrogen-bond donors (Lipinski definition) is 2. The van der Waals surface area contributed by atoms with Crippen molar-refractivity contribution in [1.29, 1.82) is 0 Å². The van der Waals surface area contributed by atoms with Crippen molar-refractivity contribution in [3.05, 3.63) is 103 Å². The number of rotatable bonds is 24. The Kier molecular flexibility index (Phi) is 22.9. The maximum absolute atomic E-state index is 13.0. The van der Waals surface area contributed by atoms with Gasteiger partial charge in [0, 0.05) is 6.61 Å². The number of carboxylic acid groups (broad SMARTS) is 1. The van der Waals surface area contributed by atoms with Gasteiger partial charge in [-0.15, -0.1) is 0 Å².